The van der Waals surface area contributed by atoms with Crippen LogP contribution in [-0.2, 0) is 14.8 Å². The van der Waals surface area contributed by atoms with Gasteiger partial charge in [-0.2, -0.15) is 0 Å². The molecule has 0 fully saturated rings. The normalized spacial score (nSPS) is 11.3. The zero-order chi connectivity index (χ0) is 28.9. The van der Waals surface area contributed by atoms with Crippen LogP contribution in [-0.4, -0.2) is 20.1 Å². The number of sulfonamides is 1. The third-order valence-corrected chi connectivity index (χ3v) is 8.03. The summed E-state index contributed by atoms with van der Waals surface area (Å²) in [5.41, 5.74) is 2.23. The lowest BCUT2D eigenvalue weighted by Crippen LogP contribution is -2.17. The second-order valence-electron chi connectivity index (χ2n) is 9.89. The van der Waals surface area contributed by atoms with E-state index in [0.717, 1.165) is 36.8 Å². The summed E-state index contributed by atoms with van der Waals surface area (Å²) in [6.07, 6.45) is 5.34. The fourth-order valence-corrected chi connectivity index (χ4v) is 5.72. The molecule has 0 bridgehead atoms. The van der Waals surface area contributed by atoms with E-state index >= 15 is 0 Å². The Kier molecular flexibility index (Phi) is 11.0. The third-order valence-electron chi connectivity index (χ3n) is 6.68. The van der Waals surface area contributed by atoms with Crippen molar-refractivity contribution in [2.45, 2.75) is 51.6 Å². The molecule has 0 aromatic heterocycles. The molecule has 0 aliphatic heterocycles. The smallest absolute Gasteiger partial charge is 0.342 e. The van der Waals surface area contributed by atoms with Crippen molar-refractivity contribution in [1.82, 2.24) is 0 Å². The van der Waals surface area contributed by atoms with Gasteiger partial charge >= 0.3 is 5.97 Å². The highest BCUT2D eigenvalue weighted by atomic mass is 32.2. The van der Waals surface area contributed by atoms with Gasteiger partial charge in [0.2, 0.25) is 10.0 Å². The van der Waals surface area contributed by atoms with Crippen molar-refractivity contribution in [3.63, 3.8) is 0 Å². The van der Waals surface area contributed by atoms with Gasteiger partial charge < -0.3 is 9.47 Å². The molecule has 214 valence electrons. The first kappa shape index (κ1) is 29.9. The molecule has 0 radical (unpaired) electrons. The van der Waals surface area contributed by atoms with Crippen LogP contribution in [0.2, 0.25) is 0 Å². The number of hydrogen-bond acceptors (Lipinski definition) is 5. The monoisotopic (exact) mass is 571 g/mol. The summed E-state index contributed by atoms with van der Waals surface area (Å²) in [7, 11) is -3.57. The molecule has 1 N–H and O–H groups in total. The standard InChI is InChI=1S/C34H37NO5S/c1-2-3-4-5-6-17-26-41(37,38)35-30-23-14-16-25-32(30)39-31-24-15-13-22-29(31)34(36)40-33(27-18-9-7-10-19-27)28-20-11-8-12-21-28/h7-16,18-25,33,35H,2-6,17,26H2,1H3. The van der Waals surface area contributed by atoms with Gasteiger partial charge in [-0.25, -0.2) is 13.2 Å². The number of unbranched alkanes of at least 4 members (excludes halogenated alkanes) is 5. The maximum atomic E-state index is 13.5. The fraction of sp³-hybridized carbons (Fsp3) is 0.265. The van der Waals surface area contributed by atoms with Gasteiger partial charge in [0, 0.05) is 0 Å². The van der Waals surface area contributed by atoms with Crippen molar-refractivity contribution in [3.8, 4) is 11.5 Å². The molecular weight excluding hydrogens is 534 g/mol. The van der Waals surface area contributed by atoms with Crippen LogP contribution in [0.15, 0.2) is 109 Å². The number of nitrogens with one attached hydrogen (secondary N) is 1. The molecule has 4 aromatic carbocycles. The van der Waals surface area contributed by atoms with Gasteiger partial charge in [0.1, 0.15) is 11.3 Å². The number of benzene rings is 4. The zero-order valence-electron chi connectivity index (χ0n) is 23.4. The van der Waals surface area contributed by atoms with E-state index < -0.39 is 22.1 Å². The van der Waals surface area contributed by atoms with E-state index in [1.165, 1.54) is 6.42 Å². The van der Waals surface area contributed by atoms with Crippen LogP contribution in [0.4, 0.5) is 5.69 Å². The molecule has 41 heavy (non-hydrogen) atoms. The van der Waals surface area contributed by atoms with Crippen molar-refractivity contribution in [2.24, 2.45) is 0 Å². The average Bonchev–Trinajstić information content (AvgIpc) is 2.99. The Morgan fingerprint density at radius 3 is 1.88 bits per heavy atom. The molecule has 0 unspecified atom stereocenters. The minimum absolute atomic E-state index is 0.0384. The van der Waals surface area contributed by atoms with Gasteiger partial charge in [-0.15, -0.1) is 0 Å². The molecule has 0 aliphatic rings. The Labute approximate surface area is 243 Å². The molecule has 6 nitrogen and oxygen atoms in total. The molecule has 0 saturated heterocycles. The first-order valence-corrected chi connectivity index (χ1v) is 15.8. The minimum Gasteiger partial charge on any atom is -0.454 e. The molecule has 0 aliphatic carbocycles. The lowest BCUT2D eigenvalue weighted by atomic mass is 10.0. The highest BCUT2D eigenvalue weighted by molar-refractivity contribution is 7.92. The number of rotatable bonds is 15. The number of hydrogen-bond donors (Lipinski definition) is 1. The van der Waals surface area contributed by atoms with Gasteiger partial charge in [0.05, 0.1) is 11.4 Å². The number of para-hydroxylation sites is 3. The molecule has 0 heterocycles. The predicted molar refractivity (Wildman–Crippen MR) is 164 cm³/mol. The van der Waals surface area contributed by atoms with E-state index in [0.29, 0.717) is 17.9 Å². The van der Waals surface area contributed by atoms with E-state index in [9.17, 15) is 13.2 Å². The van der Waals surface area contributed by atoms with Crippen LogP contribution in [0.1, 0.15) is 73.0 Å². The quantitative estimate of drug-likeness (QED) is 0.114. The number of carbonyl (C=O) groups excluding carboxylic acids is 1. The summed E-state index contributed by atoms with van der Waals surface area (Å²) >= 11 is 0. The number of anilines is 1. The van der Waals surface area contributed by atoms with Crippen LogP contribution in [0.3, 0.4) is 0 Å². The predicted octanol–water partition coefficient (Wildman–Crippen LogP) is 8.53. The second kappa shape index (κ2) is 15.1. The first-order valence-electron chi connectivity index (χ1n) is 14.1. The Bertz CT molecular complexity index is 1450. The first-order chi connectivity index (χ1) is 20.0. The van der Waals surface area contributed by atoms with E-state index in [4.69, 9.17) is 9.47 Å². The topological polar surface area (TPSA) is 81.7 Å². The van der Waals surface area contributed by atoms with E-state index in [1.54, 1.807) is 48.5 Å². The highest BCUT2D eigenvalue weighted by Gasteiger charge is 2.23. The summed E-state index contributed by atoms with van der Waals surface area (Å²) < 4.78 is 40.5. The fourth-order valence-electron chi connectivity index (χ4n) is 4.53. The second-order valence-corrected chi connectivity index (χ2v) is 11.7. The van der Waals surface area contributed by atoms with Crippen LogP contribution >= 0.6 is 0 Å². The number of esters is 1. The van der Waals surface area contributed by atoms with Crippen molar-refractivity contribution >= 4 is 21.7 Å². The van der Waals surface area contributed by atoms with E-state index in [-0.39, 0.29) is 17.1 Å². The van der Waals surface area contributed by atoms with Gasteiger partial charge in [0.25, 0.3) is 0 Å². The minimum atomic E-state index is -3.57. The molecule has 0 saturated carbocycles. The lowest BCUT2D eigenvalue weighted by molar-refractivity contribution is 0.0375. The molecule has 0 amide bonds. The van der Waals surface area contributed by atoms with Gasteiger partial charge in [0.15, 0.2) is 11.9 Å². The van der Waals surface area contributed by atoms with Crippen LogP contribution in [0.25, 0.3) is 0 Å². The highest BCUT2D eigenvalue weighted by Crippen LogP contribution is 2.34. The van der Waals surface area contributed by atoms with Crippen molar-refractivity contribution in [2.75, 3.05) is 10.5 Å². The summed E-state index contributed by atoms with van der Waals surface area (Å²) in [4.78, 5) is 13.5. The van der Waals surface area contributed by atoms with Gasteiger partial charge in [-0.05, 0) is 41.8 Å². The SMILES string of the molecule is CCCCCCCCS(=O)(=O)Nc1ccccc1Oc1ccccc1C(=O)OC(c1ccccc1)c1ccccc1. The summed E-state index contributed by atoms with van der Waals surface area (Å²) in [6.45, 7) is 2.15. The summed E-state index contributed by atoms with van der Waals surface area (Å²) in [5.74, 6) is 0.0397. The zero-order valence-corrected chi connectivity index (χ0v) is 24.2. The Hall–Kier alpha value is -4.10. The van der Waals surface area contributed by atoms with Crippen LogP contribution in [0, 0.1) is 0 Å². The largest absolute Gasteiger partial charge is 0.454 e. The third kappa shape index (κ3) is 8.95. The van der Waals surface area contributed by atoms with Gasteiger partial charge in [-0.1, -0.05) is 124 Å². The molecule has 4 rings (SSSR count). The van der Waals surface area contributed by atoms with Crippen LogP contribution in [0.5, 0.6) is 11.5 Å². The maximum Gasteiger partial charge on any atom is 0.342 e. The lowest BCUT2D eigenvalue weighted by Gasteiger charge is -2.20. The molecule has 7 heteroatoms. The van der Waals surface area contributed by atoms with Crippen molar-refractivity contribution in [3.05, 3.63) is 126 Å². The summed E-state index contributed by atoms with van der Waals surface area (Å²) in [6, 6.07) is 32.7. The van der Waals surface area contributed by atoms with E-state index in [2.05, 4.69) is 11.6 Å². The molecular formula is C34H37NO5S. The van der Waals surface area contributed by atoms with Crippen molar-refractivity contribution in [1.29, 1.82) is 0 Å². The average molecular weight is 572 g/mol. The van der Waals surface area contributed by atoms with Crippen molar-refractivity contribution < 1.29 is 22.7 Å². The van der Waals surface area contributed by atoms with Crippen LogP contribution < -0.4 is 9.46 Å². The Morgan fingerprint density at radius 1 is 0.683 bits per heavy atom. The Morgan fingerprint density at radius 2 is 1.22 bits per heavy atom. The van der Waals surface area contributed by atoms with E-state index in [1.807, 2.05) is 60.7 Å². The summed E-state index contributed by atoms with van der Waals surface area (Å²) in [5, 5.41) is 0. The number of ether oxygens (including phenoxy) is 2. The molecule has 0 spiro atoms. The van der Waals surface area contributed by atoms with Gasteiger partial charge in [-0.3, -0.25) is 4.72 Å². The number of carbonyl (C=O) groups is 1. The molecule has 0 atom stereocenters. The maximum absolute atomic E-state index is 13.5. The molecule has 4 aromatic rings. The Balaban J connectivity index is 1.50.